The highest BCUT2D eigenvalue weighted by Crippen LogP contribution is 2.22. The number of piperidine rings is 1. The Morgan fingerprint density at radius 2 is 1.96 bits per heavy atom. The Labute approximate surface area is 148 Å². The first kappa shape index (κ1) is 18.5. The molecule has 0 bridgehead atoms. The van der Waals surface area contributed by atoms with Gasteiger partial charge in [0.05, 0.1) is 6.54 Å². The van der Waals surface area contributed by atoms with Crippen LogP contribution in [0.25, 0.3) is 5.57 Å². The lowest BCUT2D eigenvalue weighted by Gasteiger charge is -2.31. The van der Waals surface area contributed by atoms with Crippen LogP contribution in [0.3, 0.4) is 0 Å². The smallest absolute Gasteiger partial charge is 0.244 e. The molecule has 5 nitrogen and oxygen atoms in total. The number of carbonyl (C=O) groups excluding carboxylic acids is 2. The Morgan fingerprint density at radius 1 is 1.29 bits per heavy atom. The quantitative estimate of drug-likeness (QED) is 0.800. The fourth-order valence-electron chi connectivity index (χ4n) is 2.82. The molecule has 1 aliphatic rings. The molecule has 2 amide bonds. The van der Waals surface area contributed by atoms with Crippen molar-refractivity contribution in [2.45, 2.75) is 25.8 Å². The Morgan fingerprint density at radius 3 is 2.58 bits per heavy atom. The van der Waals surface area contributed by atoms with E-state index in [4.69, 9.17) is 11.6 Å². The number of likely N-dealkylation sites (N-methyl/N-ethyl adjacent to an activating group) is 1. The zero-order valence-corrected chi connectivity index (χ0v) is 14.9. The number of carbonyl (C=O) groups is 2. The third kappa shape index (κ3) is 5.35. The highest BCUT2D eigenvalue weighted by molar-refractivity contribution is 6.32. The van der Waals surface area contributed by atoms with Crippen molar-refractivity contribution >= 4 is 29.0 Å². The maximum atomic E-state index is 12.2. The minimum atomic E-state index is -0.0998. The first-order valence-electron chi connectivity index (χ1n) is 8.16. The van der Waals surface area contributed by atoms with Crippen molar-refractivity contribution in [1.29, 1.82) is 0 Å². The number of amides is 2. The number of benzene rings is 1. The van der Waals surface area contributed by atoms with Gasteiger partial charge >= 0.3 is 0 Å². The molecule has 1 fully saturated rings. The molecule has 1 heterocycles. The summed E-state index contributed by atoms with van der Waals surface area (Å²) in [6.07, 6.45) is 3.29. The summed E-state index contributed by atoms with van der Waals surface area (Å²) in [4.78, 5) is 25.7. The summed E-state index contributed by atoms with van der Waals surface area (Å²) in [5.74, 6) is -0.0760. The normalized spacial score (nSPS) is 16.7. The molecule has 130 valence electrons. The van der Waals surface area contributed by atoms with Gasteiger partial charge in [0, 0.05) is 37.3 Å². The Hall–Kier alpha value is -1.85. The van der Waals surface area contributed by atoms with Crippen LogP contribution in [0.5, 0.6) is 0 Å². The number of allylic oxidation sites excluding steroid dienone is 1. The molecular formula is C18H24ClN3O2. The summed E-state index contributed by atoms with van der Waals surface area (Å²) < 4.78 is 0. The lowest BCUT2D eigenvalue weighted by atomic mass is 10.0. The number of nitrogens with one attached hydrogen (secondary N) is 2. The minimum Gasteiger partial charge on any atom is -0.358 e. The lowest BCUT2D eigenvalue weighted by molar-refractivity contribution is -0.122. The maximum Gasteiger partial charge on any atom is 0.244 e. The molecule has 0 unspecified atom stereocenters. The third-order valence-corrected chi connectivity index (χ3v) is 4.56. The van der Waals surface area contributed by atoms with E-state index in [2.05, 4.69) is 15.5 Å². The van der Waals surface area contributed by atoms with Gasteiger partial charge in [-0.2, -0.15) is 0 Å². The molecule has 0 saturated carbocycles. The molecule has 0 spiro atoms. The molecule has 6 heteroatoms. The number of rotatable bonds is 5. The summed E-state index contributed by atoms with van der Waals surface area (Å²) in [6, 6.07) is 7.63. The predicted molar refractivity (Wildman–Crippen MR) is 96.8 cm³/mol. The molecule has 1 aromatic carbocycles. The summed E-state index contributed by atoms with van der Waals surface area (Å²) in [5.41, 5.74) is 1.71. The molecule has 1 saturated heterocycles. The Balaban J connectivity index is 1.84. The van der Waals surface area contributed by atoms with Crippen molar-refractivity contribution in [2.75, 3.05) is 26.7 Å². The zero-order chi connectivity index (χ0) is 17.5. The molecule has 24 heavy (non-hydrogen) atoms. The predicted octanol–water partition coefficient (Wildman–Crippen LogP) is 2.07. The molecule has 0 atom stereocenters. The fourth-order valence-corrected chi connectivity index (χ4v) is 3.10. The average molecular weight is 350 g/mol. The second-order valence-corrected chi connectivity index (χ2v) is 6.45. The van der Waals surface area contributed by atoms with Crippen molar-refractivity contribution in [3.05, 3.63) is 40.9 Å². The number of halogens is 1. The van der Waals surface area contributed by atoms with E-state index in [0.717, 1.165) is 37.1 Å². The van der Waals surface area contributed by atoms with Crippen LogP contribution in [-0.4, -0.2) is 49.4 Å². The highest BCUT2D eigenvalue weighted by atomic mass is 35.5. The van der Waals surface area contributed by atoms with E-state index in [1.54, 1.807) is 13.1 Å². The maximum absolute atomic E-state index is 12.2. The van der Waals surface area contributed by atoms with E-state index in [1.165, 1.54) is 0 Å². The van der Waals surface area contributed by atoms with Crippen LogP contribution in [0.15, 0.2) is 30.3 Å². The largest absolute Gasteiger partial charge is 0.358 e. The van der Waals surface area contributed by atoms with E-state index in [-0.39, 0.29) is 17.9 Å². The van der Waals surface area contributed by atoms with Crippen LogP contribution in [0.1, 0.15) is 25.3 Å². The summed E-state index contributed by atoms with van der Waals surface area (Å²) in [6.45, 7) is 3.92. The monoisotopic (exact) mass is 349 g/mol. The van der Waals surface area contributed by atoms with Crippen molar-refractivity contribution in [2.24, 2.45) is 0 Å². The van der Waals surface area contributed by atoms with Gasteiger partial charge in [0.25, 0.3) is 0 Å². The second kappa shape index (κ2) is 8.85. The Bertz CT molecular complexity index is 622. The van der Waals surface area contributed by atoms with E-state index < -0.39 is 0 Å². The molecule has 2 N–H and O–H groups in total. The SMILES string of the molecule is CNC(=O)CN1CCC(NC(=O)/C=C(\C)c2ccccc2Cl)CC1. The molecule has 0 aliphatic carbocycles. The molecule has 2 rings (SSSR count). The minimum absolute atomic E-state index is 0.0239. The van der Waals surface area contributed by atoms with E-state index in [9.17, 15) is 9.59 Å². The molecular weight excluding hydrogens is 326 g/mol. The summed E-state index contributed by atoms with van der Waals surface area (Å²) in [7, 11) is 1.64. The van der Waals surface area contributed by atoms with E-state index in [1.807, 2.05) is 31.2 Å². The standard InChI is InChI=1S/C18H24ClN3O2/c1-13(15-5-3-4-6-16(15)19)11-17(23)21-14-7-9-22(10-8-14)12-18(24)20-2/h3-6,11,14H,7-10,12H2,1-2H3,(H,20,24)(H,21,23)/b13-11+. The van der Waals surface area contributed by atoms with Gasteiger partial charge in [-0.3, -0.25) is 14.5 Å². The summed E-state index contributed by atoms with van der Waals surface area (Å²) in [5, 5.41) is 6.31. The zero-order valence-electron chi connectivity index (χ0n) is 14.1. The van der Waals surface area contributed by atoms with Crippen LogP contribution in [0, 0.1) is 0 Å². The third-order valence-electron chi connectivity index (χ3n) is 4.23. The van der Waals surface area contributed by atoms with Crippen LogP contribution < -0.4 is 10.6 Å². The van der Waals surface area contributed by atoms with Gasteiger partial charge in [-0.05, 0) is 37.0 Å². The first-order valence-corrected chi connectivity index (χ1v) is 8.54. The molecule has 1 aromatic rings. The van der Waals surface area contributed by atoms with Gasteiger partial charge in [-0.1, -0.05) is 29.8 Å². The number of hydrogen-bond donors (Lipinski definition) is 2. The van der Waals surface area contributed by atoms with Crippen LogP contribution >= 0.6 is 11.6 Å². The van der Waals surface area contributed by atoms with E-state index in [0.29, 0.717) is 11.6 Å². The van der Waals surface area contributed by atoms with Crippen LogP contribution in [0.4, 0.5) is 0 Å². The molecule has 0 aromatic heterocycles. The molecule has 0 radical (unpaired) electrons. The first-order chi connectivity index (χ1) is 11.5. The van der Waals surface area contributed by atoms with Gasteiger partial charge in [-0.15, -0.1) is 0 Å². The lowest BCUT2D eigenvalue weighted by Crippen LogP contribution is -2.46. The van der Waals surface area contributed by atoms with E-state index >= 15 is 0 Å². The average Bonchev–Trinajstić information content (AvgIpc) is 2.56. The number of nitrogens with zero attached hydrogens (tertiary/aromatic N) is 1. The number of hydrogen-bond acceptors (Lipinski definition) is 3. The fraction of sp³-hybridized carbons (Fsp3) is 0.444. The van der Waals surface area contributed by atoms with Gasteiger partial charge < -0.3 is 10.6 Å². The van der Waals surface area contributed by atoms with Crippen molar-refractivity contribution in [3.63, 3.8) is 0 Å². The van der Waals surface area contributed by atoms with Gasteiger partial charge in [0.1, 0.15) is 0 Å². The summed E-state index contributed by atoms with van der Waals surface area (Å²) >= 11 is 6.15. The van der Waals surface area contributed by atoms with Crippen LogP contribution in [0.2, 0.25) is 5.02 Å². The van der Waals surface area contributed by atoms with Crippen molar-refractivity contribution < 1.29 is 9.59 Å². The van der Waals surface area contributed by atoms with Gasteiger partial charge in [0.15, 0.2) is 0 Å². The van der Waals surface area contributed by atoms with Gasteiger partial charge in [-0.25, -0.2) is 0 Å². The number of likely N-dealkylation sites (tertiary alicyclic amines) is 1. The van der Waals surface area contributed by atoms with Gasteiger partial charge in [0.2, 0.25) is 11.8 Å². The highest BCUT2D eigenvalue weighted by Gasteiger charge is 2.21. The second-order valence-electron chi connectivity index (χ2n) is 6.04. The topological polar surface area (TPSA) is 61.4 Å². The van der Waals surface area contributed by atoms with Crippen LogP contribution in [-0.2, 0) is 9.59 Å². The van der Waals surface area contributed by atoms with Crippen molar-refractivity contribution in [3.8, 4) is 0 Å². The molecule has 1 aliphatic heterocycles. The Kier molecular flexibility index (Phi) is 6.82. The van der Waals surface area contributed by atoms with Crippen molar-refractivity contribution in [1.82, 2.24) is 15.5 Å².